The lowest BCUT2D eigenvalue weighted by atomic mass is 10.1. The molecule has 0 aromatic heterocycles. The van der Waals surface area contributed by atoms with E-state index >= 15 is 0 Å². The number of sulfonamides is 1. The van der Waals surface area contributed by atoms with Crippen LogP contribution in [0.25, 0.3) is 0 Å². The van der Waals surface area contributed by atoms with Crippen LogP contribution in [0.3, 0.4) is 0 Å². The molecule has 0 bridgehead atoms. The van der Waals surface area contributed by atoms with Gasteiger partial charge in [0.25, 0.3) is 5.91 Å². The van der Waals surface area contributed by atoms with Crippen molar-refractivity contribution >= 4 is 33.4 Å². The molecule has 0 saturated carbocycles. The molecule has 0 unspecified atom stereocenters. The Labute approximate surface area is 191 Å². The summed E-state index contributed by atoms with van der Waals surface area (Å²) in [6.45, 7) is 2.59. The standard InChI is InChI=1S/C22H24N2O8S/c1-13(2)21(24-33(28,29)16-7-5-15(30-3)6-8-16)22(27)32-11-18(25)14-4-9-19-17(10-14)23-20(26)12-31-19/h4-10,13,21,24H,11-12H2,1-3H3,(H,23,26)/t21-/m0/s1. The van der Waals surface area contributed by atoms with Gasteiger partial charge in [0.05, 0.1) is 17.7 Å². The molecule has 1 amide bonds. The number of methoxy groups -OCH3 is 1. The first-order chi connectivity index (χ1) is 15.6. The molecule has 1 heterocycles. The van der Waals surface area contributed by atoms with Crippen LogP contribution in [0.4, 0.5) is 5.69 Å². The number of ether oxygens (including phenoxy) is 3. The smallest absolute Gasteiger partial charge is 0.324 e. The van der Waals surface area contributed by atoms with E-state index in [1.54, 1.807) is 13.8 Å². The Morgan fingerprint density at radius 2 is 1.85 bits per heavy atom. The number of ketones is 1. The van der Waals surface area contributed by atoms with Crippen LogP contribution >= 0.6 is 0 Å². The van der Waals surface area contributed by atoms with Gasteiger partial charge in [0.2, 0.25) is 10.0 Å². The third-order valence-corrected chi connectivity index (χ3v) is 6.31. The Bertz CT molecular complexity index is 1160. The minimum atomic E-state index is -4.03. The average Bonchev–Trinajstić information content (AvgIpc) is 2.80. The number of benzene rings is 2. The predicted molar refractivity (Wildman–Crippen MR) is 118 cm³/mol. The van der Waals surface area contributed by atoms with Crippen LogP contribution in [0.15, 0.2) is 47.4 Å². The van der Waals surface area contributed by atoms with E-state index in [2.05, 4.69) is 10.0 Å². The molecule has 176 valence electrons. The second-order valence-electron chi connectivity index (χ2n) is 7.60. The van der Waals surface area contributed by atoms with Gasteiger partial charge in [-0.3, -0.25) is 14.4 Å². The molecule has 3 rings (SSSR count). The quantitative estimate of drug-likeness (QED) is 0.413. The van der Waals surface area contributed by atoms with Gasteiger partial charge in [-0.05, 0) is 48.4 Å². The molecule has 2 N–H and O–H groups in total. The lowest BCUT2D eigenvalue weighted by Gasteiger charge is -2.21. The van der Waals surface area contributed by atoms with Crippen LogP contribution in [0.2, 0.25) is 0 Å². The SMILES string of the molecule is COc1ccc(S(=O)(=O)N[C@H](C(=O)OCC(=O)c2ccc3c(c2)NC(=O)CO3)C(C)C)cc1. The Morgan fingerprint density at radius 3 is 2.48 bits per heavy atom. The molecule has 0 saturated heterocycles. The maximum absolute atomic E-state index is 12.7. The second-order valence-corrected chi connectivity index (χ2v) is 9.31. The fourth-order valence-corrected chi connectivity index (χ4v) is 4.35. The molecule has 11 heteroatoms. The van der Waals surface area contributed by atoms with Crippen molar-refractivity contribution in [2.75, 3.05) is 25.6 Å². The van der Waals surface area contributed by atoms with Crippen LogP contribution in [0.1, 0.15) is 24.2 Å². The number of carbonyl (C=O) groups is 3. The summed E-state index contributed by atoms with van der Waals surface area (Å²) in [6.07, 6.45) is 0. The fourth-order valence-electron chi connectivity index (χ4n) is 3.01. The van der Waals surface area contributed by atoms with Gasteiger partial charge in [-0.15, -0.1) is 0 Å². The highest BCUT2D eigenvalue weighted by atomic mass is 32.2. The minimum absolute atomic E-state index is 0.0452. The zero-order valence-electron chi connectivity index (χ0n) is 18.3. The largest absolute Gasteiger partial charge is 0.497 e. The summed E-state index contributed by atoms with van der Waals surface area (Å²) in [4.78, 5) is 36.5. The first kappa shape index (κ1) is 24.2. The third kappa shape index (κ3) is 5.88. The van der Waals surface area contributed by atoms with Gasteiger partial charge < -0.3 is 19.5 Å². The van der Waals surface area contributed by atoms with Crippen molar-refractivity contribution in [3.8, 4) is 11.5 Å². The molecule has 1 aliphatic rings. The predicted octanol–water partition coefficient (Wildman–Crippen LogP) is 1.76. The fraction of sp³-hybridized carbons (Fsp3) is 0.318. The maximum atomic E-state index is 12.7. The molecule has 33 heavy (non-hydrogen) atoms. The van der Waals surface area contributed by atoms with E-state index in [9.17, 15) is 22.8 Å². The van der Waals surface area contributed by atoms with E-state index in [4.69, 9.17) is 14.2 Å². The minimum Gasteiger partial charge on any atom is -0.497 e. The number of fused-ring (bicyclic) bond motifs is 1. The van der Waals surface area contributed by atoms with Crippen LogP contribution < -0.4 is 19.5 Å². The molecular weight excluding hydrogens is 452 g/mol. The summed E-state index contributed by atoms with van der Waals surface area (Å²) in [7, 11) is -2.57. The molecule has 0 spiro atoms. The highest BCUT2D eigenvalue weighted by Crippen LogP contribution is 2.28. The lowest BCUT2D eigenvalue weighted by molar-refractivity contribution is -0.145. The Hall–Kier alpha value is -3.44. The summed E-state index contributed by atoms with van der Waals surface area (Å²) >= 11 is 0. The Morgan fingerprint density at radius 1 is 1.15 bits per heavy atom. The van der Waals surface area contributed by atoms with Crippen LogP contribution in [-0.2, 0) is 24.3 Å². The van der Waals surface area contributed by atoms with Crippen molar-refractivity contribution < 1.29 is 37.0 Å². The lowest BCUT2D eigenvalue weighted by Crippen LogP contribution is -2.45. The van der Waals surface area contributed by atoms with Gasteiger partial charge in [0.1, 0.15) is 17.5 Å². The number of carbonyl (C=O) groups excluding carboxylic acids is 3. The number of amides is 1. The molecule has 1 atom stereocenters. The van der Waals surface area contributed by atoms with E-state index in [1.165, 1.54) is 49.6 Å². The van der Waals surface area contributed by atoms with Gasteiger partial charge >= 0.3 is 5.97 Å². The second kappa shape index (κ2) is 10.0. The number of nitrogens with one attached hydrogen (secondary N) is 2. The third-order valence-electron chi connectivity index (χ3n) is 4.85. The number of rotatable bonds is 9. The number of hydrogen-bond donors (Lipinski definition) is 2. The maximum Gasteiger partial charge on any atom is 0.324 e. The first-order valence-corrected chi connectivity index (χ1v) is 11.5. The average molecular weight is 477 g/mol. The summed E-state index contributed by atoms with van der Waals surface area (Å²) < 4.78 is 43.1. The van der Waals surface area contributed by atoms with E-state index in [0.29, 0.717) is 17.2 Å². The molecular formula is C22H24N2O8S. The summed E-state index contributed by atoms with van der Waals surface area (Å²) in [5.74, 6) is -1.28. The Balaban J connectivity index is 1.66. The molecule has 10 nitrogen and oxygen atoms in total. The van der Waals surface area contributed by atoms with Crippen LogP contribution in [-0.4, -0.2) is 52.4 Å². The zero-order chi connectivity index (χ0) is 24.2. The van der Waals surface area contributed by atoms with Gasteiger partial charge in [0, 0.05) is 5.56 Å². The van der Waals surface area contributed by atoms with E-state index in [1.807, 2.05) is 0 Å². The number of anilines is 1. The highest BCUT2D eigenvalue weighted by Gasteiger charge is 2.30. The van der Waals surface area contributed by atoms with Crippen molar-refractivity contribution in [3.63, 3.8) is 0 Å². The number of Topliss-reactive ketones (excluding diaryl/α,β-unsaturated/α-hetero) is 1. The summed E-state index contributed by atoms with van der Waals surface area (Å²) in [5, 5.41) is 2.59. The van der Waals surface area contributed by atoms with Crippen LogP contribution in [0.5, 0.6) is 11.5 Å². The highest BCUT2D eigenvalue weighted by molar-refractivity contribution is 7.89. The number of hydrogen-bond acceptors (Lipinski definition) is 8. The molecule has 1 aliphatic heterocycles. The molecule has 0 fully saturated rings. The van der Waals surface area contributed by atoms with Crippen molar-refractivity contribution in [1.29, 1.82) is 0 Å². The van der Waals surface area contributed by atoms with Crippen molar-refractivity contribution in [1.82, 2.24) is 4.72 Å². The topological polar surface area (TPSA) is 137 Å². The van der Waals surface area contributed by atoms with Crippen molar-refractivity contribution in [2.45, 2.75) is 24.8 Å². The molecule has 0 aliphatic carbocycles. The first-order valence-electron chi connectivity index (χ1n) is 10.0. The summed E-state index contributed by atoms with van der Waals surface area (Å²) in [5.41, 5.74) is 0.544. The van der Waals surface area contributed by atoms with Crippen molar-refractivity contribution in [2.24, 2.45) is 5.92 Å². The van der Waals surface area contributed by atoms with Crippen LogP contribution in [0, 0.1) is 5.92 Å². The van der Waals surface area contributed by atoms with Gasteiger partial charge in [0.15, 0.2) is 19.0 Å². The van der Waals surface area contributed by atoms with E-state index in [0.717, 1.165) is 0 Å². The van der Waals surface area contributed by atoms with E-state index in [-0.39, 0.29) is 23.0 Å². The molecule has 0 radical (unpaired) electrons. The van der Waals surface area contributed by atoms with Gasteiger partial charge in [-0.1, -0.05) is 13.8 Å². The molecule has 2 aromatic carbocycles. The normalized spacial score (nSPS) is 14.0. The summed E-state index contributed by atoms with van der Waals surface area (Å²) in [6, 6.07) is 8.92. The zero-order valence-corrected chi connectivity index (χ0v) is 19.1. The monoisotopic (exact) mass is 476 g/mol. The van der Waals surface area contributed by atoms with Gasteiger partial charge in [-0.2, -0.15) is 4.72 Å². The van der Waals surface area contributed by atoms with E-state index < -0.39 is 40.3 Å². The number of esters is 1. The molecule has 2 aromatic rings. The Kier molecular flexibility index (Phi) is 7.34. The van der Waals surface area contributed by atoms with Gasteiger partial charge in [-0.25, -0.2) is 8.42 Å². The van der Waals surface area contributed by atoms with Crippen molar-refractivity contribution in [3.05, 3.63) is 48.0 Å².